The molecule has 1 unspecified atom stereocenters. The van der Waals surface area contributed by atoms with E-state index in [9.17, 15) is 13.6 Å². The van der Waals surface area contributed by atoms with Gasteiger partial charge in [0.1, 0.15) is 11.5 Å². The van der Waals surface area contributed by atoms with Crippen LogP contribution in [0.15, 0.2) is 66.7 Å². The minimum atomic E-state index is -2.53. The lowest BCUT2D eigenvalue weighted by Gasteiger charge is -2.23. The third kappa shape index (κ3) is 5.73. The Kier molecular flexibility index (Phi) is 7.98. The molecule has 0 bridgehead atoms. The third-order valence-corrected chi connectivity index (χ3v) is 6.21. The Bertz CT molecular complexity index is 1420. The Morgan fingerprint density at radius 2 is 1.64 bits per heavy atom. The Balaban J connectivity index is 1.86. The molecule has 0 aliphatic rings. The number of ether oxygens (including phenoxy) is 2. The van der Waals surface area contributed by atoms with Gasteiger partial charge in [-0.25, -0.2) is 18.5 Å². The molecule has 0 saturated heterocycles. The van der Waals surface area contributed by atoms with Gasteiger partial charge < -0.3 is 20.1 Å². The van der Waals surface area contributed by atoms with Gasteiger partial charge in [-0.05, 0) is 30.3 Å². The number of rotatable bonds is 9. The first-order valence-electron chi connectivity index (χ1n) is 10.6. The highest BCUT2D eigenvalue weighted by atomic mass is 79.9. The molecule has 4 aromatic rings. The number of halogens is 1. The number of fused-ring (bicyclic) bond motifs is 1. The van der Waals surface area contributed by atoms with E-state index in [0.717, 1.165) is 4.31 Å². The predicted molar refractivity (Wildman–Crippen MR) is 144 cm³/mol. The van der Waals surface area contributed by atoms with E-state index < -0.39 is 11.3 Å². The highest BCUT2D eigenvalue weighted by Gasteiger charge is 2.23. The minimum Gasteiger partial charge on any atom is -0.497 e. The number of aromatic nitrogens is 2. The number of nitrogens with zero attached hydrogens (tertiary/aromatic N) is 3. The van der Waals surface area contributed by atoms with Gasteiger partial charge in [-0.2, -0.15) is 0 Å². The third-order valence-electron chi connectivity index (χ3n) is 5.00. The largest absolute Gasteiger partial charge is 0.497 e. The van der Waals surface area contributed by atoms with Crippen molar-refractivity contribution in [2.24, 2.45) is 0 Å². The summed E-state index contributed by atoms with van der Waals surface area (Å²) in [6, 6.07) is 18.9. The average Bonchev–Trinajstić information content (AvgIpc) is 2.88. The molecule has 3 N–H and O–H groups in total. The summed E-state index contributed by atoms with van der Waals surface area (Å²) in [5, 5.41) is 6.00. The second-order valence-corrected chi connectivity index (χ2v) is 8.76. The molecule has 0 fully saturated rings. The van der Waals surface area contributed by atoms with Gasteiger partial charge in [0.15, 0.2) is 11.6 Å². The van der Waals surface area contributed by atoms with Crippen molar-refractivity contribution in [3.8, 4) is 11.5 Å². The van der Waals surface area contributed by atoms with Crippen molar-refractivity contribution in [1.82, 2.24) is 9.97 Å². The van der Waals surface area contributed by atoms with Gasteiger partial charge in [-0.1, -0.05) is 34.1 Å². The maximum atomic E-state index is 12.6. The number of hydrogen-bond acceptors (Lipinski definition) is 7. The van der Waals surface area contributed by atoms with Crippen LogP contribution in [0.4, 0.5) is 28.7 Å². The molecule has 0 radical (unpaired) electrons. The topological polar surface area (TPSA) is 126 Å². The molecule has 3 aromatic carbocycles. The molecule has 1 heterocycles. The Hall–Kier alpha value is -3.74. The van der Waals surface area contributed by atoms with Crippen molar-refractivity contribution in [1.29, 1.82) is 0 Å². The molecular weight excluding hydrogens is 550 g/mol. The smallest absolute Gasteiger partial charge is 0.268 e. The van der Waals surface area contributed by atoms with Gasteiger partial charge >= 0.3 is 0 Å². The van der Waals surface area contributed by atoms with Crippen LogP contribution in [0.2, 0.25) is 0 Å². The van der Waals surface area contributed by atoms with Crippen molar-refractivity contribution in [2.45, 2.75) is 0 Å². The lowest BCUT2D eigenvalue weighted by atomic mass is 10.2. The van der Waals surface area contributed by atoms with E-state index in [1.807, 2.05) is 6.07 Å². The summed E-state index contributed by atoms with van der Waals surface area (Å²) in [6.45, 7) is 0. The van der Waals surface area contributed by atoms with Crippen LogP contribution in [0.25, 0.3) is 11.0 Å². The highest BCUT2D eigenvalue weighted by Crippen LogP contribution is 2.36. The fraction of sp³-hybridized carbons (Fsp3) is 0.125. The van der Waals surface area contributed by atoms with E-state index in [1.165, 1.54) is 14.2 Å². The number of carbonyl (C=O) groups is 1. The van der Waals surface area contributed by atoms with Crippen molar-refractivity contribution < 1.29 is 23.0 Å². The maximum absolute atomic E-state index is 12.6. The van der Waals surface area contributed by atoms with Crippen LogP contribution in [0, 0.1) is 0 Å². The summed E-state index contributed by atoms with van der Waals surface area (Å²) in [4.78, 5) is 21.2. The zero-order valence-corrected chi connectivity index (χ0v) is 21.7. The van der Waals surface area contributed by atoms with Gasteiger partial charge in [0.2, 0.25) is 5.91 Å². The number of alkyl halides is 1. The molecule has 4 rings (SSSR count). The molecule has 0 aliphatic heterocycles. The molecule has 10 nitrogen and oxygen atoms in total. The van der Waals surface area contributed by atoms with Crippen molar-refractivity contribution in [3.63, 3.8) is 0 Å². The van der Waals surface area contributed by atoms with E-state index in [4.69, 9.17) is 9.47 Å². The van der Waals surface area contributed by atoms with Crippen LogP contribution in [0.3, 0.4) is 0 Å². The molecule has 1 atom stereocenters. The number of anilines is 5. The molecule has 186 valence electrons. The second kappa shape index (κ2) is 11.3. The summed E-state index contributed by atoms with van der Waals surface area (Å²) in [7, 11) is 3.08. The molecule has 12 heteroatoms. The fourth-order valence-electron chi connectivity index (χ4n) is 3.42. The lowest BCUT2D eigenvalue weighted by Crippen LogP contribution is -2.22. The number of methoxy groups -OCH3 is 2. The molecule has 0 spiro atoms. The van der Waals surface area contributed by atoms with Crippen molar-refractivity contribution in [2.75, 3.05) is 34.5 Å². The van der Waals surface area contributed by atoms with E-state index in [0.29, 0.717) is 39.6 Å². The molecular formula is C24H22BrN5O5S. The minimum absolute atomic E-state index is 0.0975. The van der Waals surface area contributed by atoms with Gasteiger partial charge in [0, 0.05) is 29.6 Å². The standard InChI is InChI=1S/C24H22BrN5O5S/c1-34-18-11-16(12-19(13-18)35-2)27-23-24(29-21-9-4-3-8-20(21)28-23)30(36(32)33)17-7-5-6-15(10-17)26-22(31)14-25/h3-13H,14H2,1-2H3,(H,26,31)(H,27,28)(H,32,33). The van der Waals surface area contributed by atoms with Crippen LogP contribution in [0.5, 0.6) is 11.5 Å². The maximum Gasteiger partial charge on any atom is 0.268 e. The van der Waals surface area contributed by atoms with Gasteiger partial charge in [-0.15, -0.1) is 0 Å². The second-order valence-electron chi connectivity index (χ2n) is 7.37. The van der Waals surface area contributed by atoms with E-state index in [-0.39, 0.29) is 22.9 Å². The van der Waals surface area contributed by atoms with Crippen LogP contribution < -0.4 is 24.4 Å². The van der Waals surface area contributed by atoms with Crippen molar-refractivity contribution >= 4 is 72.8 Å². The van der Waals surface area contributed by atoms with Crippen molar-refractivity contribution in [3.05, 3.63) is 66.7 Å². The SMILES string of the molecule is COc1cc(Nc2nc3ccccc3nc2N(c2cccc(NC(=O)CBr)c2)S(=O)O)cc(OC)c1. The zero-order valence-electron chi connectivity index (χ0n) is 19.3. The highest BCUT2D eigenvalue weighted by molar-refractivity contribution is 9.09. The summed E-state index contributed by atoms with van der Waals surface area (Å²) < 4.78 is 34.8. The number of para-hydroxylation sites is 2. The quantitative estimate of drug-likeness (QED) is 0.189. The first kappa shape index (κ1) is 25.4. The normalized spacial score (nSPS) is 11.6. The Labute approximate surface area is 218 Å². The van der Waals surface area contributed by atoms with Gasteiger partial charge in [0.25, 0.3) is 11.3 Å². The molecule has 1 amide bonds. The Morgan fingerprint density at radius 3 is 2.25 bits per heavy atom. The number of carbonyl (C=O) groups excluding carboxylic acids is 1. The van der Waals surface area contributed by atoms with E-state index in [2.05, 4.69) is 36.5 Å². The Morgan fingerprint density at radius 1 is 0.972 bits per heavy atom. The van der Waals surface area contributed by atoms with Crippen LogP contribution in [-0.2, 0) is 16.1 Å². The number of benzene rings is 3. The van der Waals surface area contributed by atoms with Gasteiger partial charge in [0.05, 0.1) is 36.3 Å². The number of hydrogen-bond donors (Lipinski definition) is 3. The first-order valence-corrected chi connectivity index (χ1v) is 12.7. The van der Waals surface area contributed by atoms with E-state index in [1.54, 1.807) is 60.7 Å². The van der Waals surface area contributed by atoms with Crippen LogP contribution in [0.1, 0.15) is 0 Å². The number of amides is 1. The van der Waals surface area contributed by atoms with E-state index >= 15 is 0 Å². The molecule has 0 aliphatic carbocycles. The summed E-state index contributed by atoms with van der Waals surface area (Å²) in [6.07, 6.45) is 0. The average molecular weight is 572 g/mol. The summed E-state index contributed by atoms with van der Waals surface area (Å²) in [5.41, 5.74) is 2.45. The molecule has 1 aromatic heterocycles. The first-order chi connectivity index (χ1) is 17.4. The lowest BCUT2D eigenvalue weighted by molar-refractivity contribution is -0.113. The van der Waals surface area contributed by atoms with Gasteiger partial charge in [-0.3, -0.25) is 9.35 Å². The fourth-order valence-corrected chi connectivity index (χ4v) is 4.13. The summed E-state index contributed by atoms with van der Waals surface area (Å²) in [5.74, 6) is 1.15. The van der Waals surface area contributed by atoms with Crippen LogP contribution in [-0.4, -0.2) is 44.2 Å². The predicted octanol–water partition coefficient (Wildman–Crippen LogP) is 5.00. The van der Waals surface area contributed by atoms with Crippen LogP contribution >= 0.6 is 15.9 Å². The molecule has 36 heavy (non-hydrogen) atoms. The monoisotopic (exact) mass is 571 g/mol. The molecule has 0 saturated carbocycles. The zero-order chi connectivity index (χ0) is 25.7. The number of nitrogens with one attached hydrogen (secondary N) is 2. The summed E-state index contributed by atoms with van der Waals surface area (Å²) >= 11 is 0.577.